The molecule has 0 saturated carbocycles. The van der Waals surface area contributed by atoms with Crippen molar-refractivity contribution in [1.82, 2.24) is 14.8 Å². The summed E-state index contributed by atoms with van der Waals surface area (Å²) >= 11 is 0. The summed E-state index contributed by atoms with van der Waals surface area (Å²) in [6, 6.07) is 7.47. The van der Waals surface area contributed by atoms with Crippen LogP contribution < -0.4 is 15.8 Å². The maximum absolute atomic E-state index is 5.85. The minimum Gasteiger partial charge on any atom is -0.497 e. The van der Waals surface area contributed by atoms with E-state index in [0.717, 1.165) is 23.8 Å². The minimum atomic E-state index is 0. The third kappa shape index (κ3) is 4.88. The molecular weight excluding hydrogens is 383 g/mol. The van der Waals surface area contributed by atoms with Crippen molar-refractivity contribution in [1.29, 1.82) is 0 Å². The van der Waals surface area contributed by atoms with Crippen LogP contribution >= 0.6 is 24.0 Å². The maximum Gasteiger partial charge on any atom is 0.193 e. The molecule has 0 bridgehead atoms. The third-order valence-electron chi connectivity index (χ3n) is 2.73. The second-order valence-corrected chi connectivity index (χ2v) is 4.05. The Morgan fingerprint density at radius 2 is 2.29 bits per heavy atom. The van der Waals surface area contributed by atoms with Crippen LogP contribution in [0.1, 0.15) is 12.7 Å². The van der Waals surface area contributed by atoms with Crippen molar-refractivity contribution < 1.29 is 4.74 Å². The number of aromatic nitrogens is 3. The van der Waals surface area contributed by atoms with Crippen molar-refractivity contribution in [3.05, 3.63) is 36.4 Å². The van der Waals surface area contributed by atoms with Crippen molar-refractivity contribution in [3.63, 3.8) is 0 Å². The number of hydrogen-bond donors (Lipinski definition) is 2. The van der Waals surface area contributed by atoms with Gasteiger partial charge in [0.1, 0.15) is 24.4 Å². The number of benzene rings is 1. The summed E-state index contributed by atoms with van der Waals surface area (Å²) in [5.74, 6) is 1.86. The molecule has 0 amide bonds. The summed E-state index contributed by atoms with van der Waals surface area (Å²) in [5, 5.41) is 7.08. The Hall–Kier alpha value is -1.84. The fourth-order valence-electron chi connectivity index (χ4n) is 1.72. The number of nitrogens with two attached hydrogens (primary N) is 1. The zero-order chi connectivity index (χ0) is 14.4. The highest BCUT2D eigenvalue weighted by molar-refractivity contribution is 14.0. The fourth-order valence-corrected chi connectivity index (χ4v) is 1.72. The van der Waals surface area contributed by atoms with Crippen LogP contribution in [0.4, 0.5) is 5.69 Å². The molecule has 21 heavy (non-hydrogen) atoms. The summed E-state index contributed by atoms with van der Waals surface area (Å²) in [6.07, 6.45) is 1.51. The molecule has 0 saturated heterocycles. The van der Waals surface area contributed by atoms with Crippen LogP contribution in [0.25, 0.3) is 0 Å². The second kappa shape index (κ2) is 8.45. The number of rotatable bonds is 5. The molecule has 1 aromatic carbocycles. The van der Waals surface area contributed by atoms with E-state index in [1.165, 1.54) is 6.33 Å². The van der Waals surface area contributed by atoms with Crippen LogP contribution in [-0.4, -0.2) is 27.8 Å². The molecule has 2 rings (SSSR count). The number of methoxy groups -OCH3 is 1. The first-order valence-corrected chi connectivity index (χ1v) is 6.30. The van der Waals surface area contributed by atoms with E-state index in [1.54, 1.807) is 11.8 Å². The monoisotopic (exact) mass is 402 g/mol. The molecule has 0 aliphatic heterocycles. The third-order valence-corrected chi connectivity index (χ3v) is 2.73. The summed E-state index contributed by atoms with van der Waals surface area (Å²) in [7, 11) is 1.62. The van der Waals surface area contributed by atoms with E-state index < -0.39 is 0 Å². The van der Waals surface area contributed by atoms with Crippen molar-refractivity contribution in [2.45, 2.75) is 20.0 Å². The van der Waals surface area contributed by atoms with E-state index in [2.05, 4.69) is 20.4 Å². The maximum atomic E-state index is 5.85. The lowest BCUT2D eigenvalue weighted by Gasteiger charge is -2.07. The molecule has 1 aromatic heterocycles. The summed E-state index contributed by atoms with van der Waals surface area (Å²) in [6.45, 7) is 3.14. The number of guanidine groups is 1. The van der Waals surface area contributed by atoms with Gasteiger partial charge in [0.25, 0.3) is 0 Å². The zero-order valence-corrected chi connectivity index (χ0v) is 14.3. The molecule has 0 atom stereocenters. The van der Waals surface area contributed by atoms with Gasteiger partial charge in [-0.25, -0.2) is 14.7 Å². The van der Waals surface area contributed by atoms with Gasteiger partial charge >= 0.3 is 0 Å². The van der Waals surface area contributed by atoms with Gasteiger partial charge in [-0.2, -0.15) is 5.10 Å². The lowest BCUT2D eigenvalue weighted by atomic mass is 10.3. The first kappa shape index (κ1) is 17.2. The molecule has 0 aliphatic rings. The van der Waals surface area contributed by atoms with Crippen molar-refractivity contribution in [2.24, 2.45) is 10.7 Å². The van der Waals surface area contributed by atoms with Crippen LogP contribution in [0.5, 0.6) is 5.75 Å². The Labute approximate surface area is 140 Å². The first-order chi connectivity index (χ1) is 9.72. The van der Waals surface area contributed by atoms with Crippen LogP contribution in [0.3, 0.4) is 0 Å². The Morgan fingerprint density at radius 1 is 1.48 bits per heavy atom. The number of aliphatic imine (C=N–C) groups is 1. The topological polar surface area (TPSA) is 90.4 Å². The van der Waals surface area contributed by atoms with Crippen LogP contribution in [-0.2, 0) is 13.1 Å². The predicted octanol–water partition coefficient (Wildman–Crippen LogP) is 1.85. The number of halogens is 1. The normalized spacial score (nSPS) is 10.9. The predicted molar refractivity (Wildman–Crippen MR) is 93.1 cm³/mol. The molecule has 1 heterocycles. The molecule has 3 N–H and O–H groups in total. The number of aryl methyl sites for hydroxylation is 1. The van der Waals surface area contributed by atoms with Gasteiger partial charge in [0.05, 0.1) is 7.11 Å². The van der Waals surface area contributed by atoms with Gasteiger partial charge in [-0.3, -0.25) is 0 Å². The van der Waals surface area contributed by atoms with Gasteiger partial charge in [0, 0.05) is 18.3 Å². The summed E-state index contributed by atoms with van der Waals surface area (Å²) in [4.78, 5) is 8.38. The molecule has 0 unspecified atom stereocenters. The Bertz CT molecular complexity index is 598. The highest BCUT2D eigenvalue weighted by Crippen LogP contribution is 2.16. The van der Waals surface area contributed by atoms with Gasteiger partial charge in [0.2, 0.25) is 0 Å². The molecular formula is C13H19IN6O. The molecule has 114 valence electrons. The van der Waals surface area contributed by atoms with Gasteiger partial charge in [-0.05, 0) is 19.1 Å². The molecule has 8 heteroatoms. The largest absolute Gasteiger partial charge is 0.497 e. The Kier molecular flexibility index (Phi) is 6.92. The lowest BCUT2D eigenvalue weighted by molar-refractivity contribution is 0.415. The summed E-state index contributed by atoms with van der Waals surface area (Å²) < 4.78 is 6.92. The summed E-state index contributed by atoms with van der Waals surface area (Å²) in [5.41, 5.74) is 6.67. The lowest BCUT2D eigenvalue weighted by Crippen LogP contribution is -2.22. The minimum absolute atomic E-state index is 0. The second-order valence-electron chi connectivity index (χ2n) is 4.05. The highest BCUT2D eigenvalue weighted by Gasteiger charge is 2.02. The number of nitrogens with zero attached hydrogens (tertiary/aromatic N) is 4. The number of nitrogens with one attached hydrogen (secondary N) is 1. The number of hydrogen-bond acceptors (Lipinski definition) is 4. The number of anilines is 1. The van der Waals surface area contributed by atoms with Gasteiger partial charge in [0.15, 0.2) is 5.96 Å². The van der Waals surface area contributed by atoms with Crippen LogP contribution in [0, 0.1) is 0 Å². The van der Waals surface area contributed by atoms with Crippen LogP contribution in [0.2, 0.25) is 0 Å². The standard InChI is InChI=1S/C13H18N6O.HI/c1-3-19-12(16-9-17-19)8-15-13(14)18-10-5-4-6-11(7-10)20-2;/h4-7,9H,3,8H2,1-2H3,(H3,14,15,18);1H. The fraction of sp³-hybridized carbons (Fsp3) is 0.308. The first-order valence-electron chi connectivity index (χ1n) is 6.30. The van der Waals surface area contributed by atoms with Gasteiger partial charge in [-0.1, -0.05) is 6.07 Å². The van der Waals surface area contributed by atoms with Crippen molar-refractivity contribution in [2.75, 3.05) is 12.4 Å². The van der Waals surface area contributed by atoms with E-state index in [1.807, 2.05) is 31.2 Å². The average Bonchev–Trinajstić information content (AvgIpc) is 2.93. The van der Waals surface area contributed by atoms with E-state index in [9.17, 15) is 0 Å². The van der Waals surface area contributed by atoms with E-state index >= 15 is 0 Å². The Balaban J connectivity index is 0.00000220. The number of ether oxygens (including phenoxy) is 1. The van der Waals surface area contributed by atoms with Crippen molar-refractivity contribution in [3.8, 4) is 5.75 Å². The smallest absolute Gasteiger partial charge is 0.193 e. The molecule has 0 aliphatic carbocycles. The van der Waals surface area contributed by atoms with Crippen LogP contribution in [0.15, 0.2) is 35.6 Å². The van der Waals surface area contributed by atoms with Gasteiger partial charge in [-0.15, -0.1) is 24.0 Å². The van der Waals surface area contributed by atoms with Crippen molar-refractivity contribution >= 4 is 35.6 Å². The highest BCUT2D eigenvalue weighted by atomic mass is 127. The quantitative estimate of drug-likeness (QED) is 0.453. The molecule has 0 spiro atoms. The van der Waals surface area contributed by atoms with E-state index in [-0.39, 0.29) is 24.0 Å². The van der Waals surface area contributed by atoms with Gasteiger partial charge < -0.3 is 15.8 Å². The molecule has 2 aromatic rings. The molecule has 0 fully saturated rings. The molecule has 7 nitrogen and oxygen atoms in total. The SMILES string of the molecule is CCn1ncnc1CN=C(N)Nc1cccc(OC)c1.I. The van der Waals surface area contributed by atoms with E-state index in [4.69, 9.17) is 10.5 Å². The zero-order valence-electron chi connectivity index (χ0n) is 12.0. The molecule has 0 radical (unpaired) electrons. The Morgan fingerprint density at radius 3 is 3.00 bits per heavy atom. The van der Waals surface area contributed by atoms with E-state index in [0.29, 0.717) is 12.5 Å². The average molecular weight is 402 g/mol.